The number of pyridine rings is 1. The lowest BCUT2D eigenvalue weighted by Crippen LogP contribution is -1.82. The second-order valence-electron chi connectivity index (χ2n) is 3.61. The molecular weight excluding hydrogens is 230 g/mol. The molecule has 0 aliphatic heterocycles. The first-order valence-corrected chi connectivity index (χ1v) is 5.98. The fraction of sp³-hybridized carbons (Fsp3) is 0.154. The molecule has 2 aromatic heterocycles. The van der Waals surface area contributed by atoms with E-state index in [0.29, 0.717) is 5.57 Å². The number of allylic oxidation sites excluding steroid dienone is 1. The van der Waals surface area contributed by atoms with Crippen LogP contribution in [-0.2, 0) is 0 Å². The van der Waals surface area contributed by atoms with Crippen LogP contribution in [0.3, 0.4) is 0 Å². The third-order valence-corrected chi connectivity index (χ3v) is 3.50. The van der Waals surface area contributed by atoms with Gasteiger partial charge in [0.25, 0.3) is 0 Å². The number of hydrogen-bond acceptors (Lipinski definition) is 4. The van der Waals surface area contributed by atoms with Gasteiger partial charge in [-0.05, 0) is 37.6 Å². The van der Waals surface area contributed by atoms with E-state index in [1.165, 1.54) is 0 Å². The van der Waals surface area contributed by atoms with Gasteiger partial charge < -0.3 is 0 Å². The first-order valence-electron chi connectivity index (χ1n) is 5.17. The van der Waals surface area contributed by atoms with E-state index in [9.17, 15) is 5.26 Å². The Kier molecular flexibility index (Phi) is 3.31. The molecule has 0 aliphatic carbocycles. The van der Waals surface area contributed by atoms with Gasteiger partial charge in [0.05, 0.1) is 11.3 Å². The summed E-state index contributed by atoms with van der Waals surface area (Å²) in [4.78, 5) is 9.48. The maximum absolute atomic E-state index is 9.17. The van der Waals surface area contributed by atoms with Crippen molar-refractivity contribution in [3.8, 4) is 6.07 Å². The Morgan fingerprint density at radius 3 is 2.59 bits per heavy atom. The zero-order valence-corrected chi connectivity index (χ0v) is 10.5. The highest BCUT2D eigenvalue weighted by atomic mass is 32.1. The second kappa shape index (κ2) is 4.89. The van der Waals surface area contributed by atoms with Gasteiger partial charge in [0.2, 0.25) is 0 Å². The number of aromatic nitrogens is 2. The molecule has 0 aromatic carbocycles. The van der Waals surface area contributed by atoms with Crippen molar-refractivity contribution in [2.45, 2.75) is 13.8 Å². The highest BCUT2D eigenvalue weighted by Crippen LogP contribution is 2.24. The van der Waals surface area contributed by atoms with Crippen molar-refractivity contribution in [2.75, 3.05) is 0 Å². The van der Waals surface area contributed by atoms with E-state index in [2.05, 4.69) is 16.0 Å². The summed E-state index contributed by atoms with van der Waals surface area (Å²) < 4.78 is 0. The lowest BCUT2D eigenvalue weighted by atomic mass is 10.2. The number of nitriles is 1. The summed E-state index contributed by atoms with van der Waals surface area (Å²) >= 11 is 1.55. The molecule has 3 nitrogen and oxygen atoms in total. The van der Waals surface area contributed by atoms with Crippen LogP contribution in [0.2, 0.25) is 0 Å². The Labute approximate surface area is 104 Å². The summed E-state index contributed by atoms with van der Waals surface area (Å²) in [5.41, 5.74) is 2.54. The van der Waals surface area contributed by atoms with Gasteiger partial charge in [-0.2, -0.15) is 5.26 Å². The summed E-state index contributed by atoms with van der Waals surface area (Å²) in [5.74, 6) is 0. The van der Waals surface area contributed by atoms with E-state index < -0.39 is 0 Å². The standard InChI is InChI=1S/C13H11N3S/c1-9-10(2)17-13(16-9)12(8-14)7-11-3-5-15-6-4-11/h3-7H,1-2H3/b12-7+. The average Bonchev–Trinajstić information content (AvgIpc) is 2.68. The fourth-order valence-electron chi connectivity index (χ4n) is 1.36. The molecule has 0 amide bonds. The van der Waals surface area contributed by atoms with Crippen LogP contribution in [0.1, 0.15) is 21.1 Å². The molecule has 0 saturated carbocycles. The second-order valence-corrected chi connectivity index (χ2v) is 4.81. The van der Waals surface area contributed by atoms with E-state index in [4.69, 9.17) is 0 Å². The number of aryl methyl sites for hydroxylation is 2. The van der Waals surface area contributed by atoms with Gasteiger partial charge in [-0.25, -0.2) is 4.98 Å². The lowest BCUT2D eigenvalue weighted by molar-refractivity contribution is 1.21. The van der Waals surface area contributed by atoms with Crippen molar-refractivity contribution in [1.82, 2.24) is 9.97 Å². The van der Waals surface area contributed by atoms with Crippen LogP contribution in [-0.4, -0.2) is 9.97 Å². The van der Waals surface area contributed by atoms with Gasteiger partial charge in [-0.3, -0.25) is 4.98 Å². The SMILES string of the molecule is Cc1nc(/C(C#N)=C/c2ccncc2)sc1C. The summed E-state index contributed by atoms with van der Waals surface area (Å²) in [6.07, 6.45) is 5.25. The zero-order chi connectivity index (χ0) is 12.3. The number of hydrogen-bond donors (Lipinski definition) is 0. The van der Waals surface area contributed by atoms with Gasteiger partial charge in [-0.15, -0.1) is 11.3 Å². The third-order valence-electron chi connectivity index (χ3n) is 2.40. The van der Waals surface area contributed by atoms with Gasteiger partial charge in [0.15, 0.2) is 0 Å². The normalized spacial score (nSPS) is 11.2. The molecular formula is C13H11N3S. The average molecular weight is 241 g/mol. The molecule has 0 spiro atoms. The molecule has 2 heterocycles. The molecule has 0 bridgehead atoms. The van der Waals surface area contributed by atoms with E-state index in [1.54, 1.807) is 23.7 Å². The molecule has 4 heteroatoms. The van der Waals surface area contributed by atoms with E-state index in [0.717, 1.165) is 21.1 Å². The van der Waals surface area contributed by atoms with Crippen LogP contribution in [0.25, 0.3) is 11.6 Å². The largest absolute Gasteiger partial charge is 0.265 e. The Hall–Kier alpha value is -1.99. The predicted molar refractivity (Wildman–Crippen MR) is 69.3 cm³/mol. The van der Waals surface area contributed by atoms with E-state index in [1.807, 2.05) is 32.1 Å². The molecule has 0 aliphatic rings. The predicted octanol–water partition coefficient (Wildman–Crippen LogP) is 3.22. The van der Waals surface area contributed by atoms with Crippen LogP contribution in [0.5, 0.6) is 0 Å². The van der Waals surface area contributed by atoms with Gasteiger partial charge in [-0.1, -0.05) is 0 Å². The molecule has 2 rings (SSSR count). The number of nitrogens with zero attached hydrogens (tertiary/aromatic N) is 3. The smallest absolute Gasteiger partial charge is 0.134 e. The molecule has 0 saturated heterocycles. The Bertz CT molecular complexity index is 571. The van der Waals surface area contributed by atoms with Crippen LogP contribution < -0.4 is 0 Å². The lowest BCUT2D eigenvalue weighted by Gasteiger charge is -1.94. The molecule has 0 radical (unpaired) electrons. The Balaban J connectivity index is 2.41. The topological polar surface area (TPSA) is 49.6 Å². The Morgan fingerprint density at radius 1 is 1.35 bits per heavy atom. The number of thiazole rings is 1. The van der Waals surface area contributed by atoms with Crippen molar-refractivity contribution in [3.05, 3.63) is 45.7 Å². The summed E-state index contributed by atoms with van der Waals surface area (Å²) in [7, 11) is 0. The van der Waals surface area contributed by atoms with Crippen molar-refractivity contribution >= 4 is 23.0 Å². The third kappa shape index (κ3) is 2.58. The zero-order valence-electron chi connectivity index (χ0n) is 9.64. The quantitative estimate of drug-likeness (QED) is 0.758. The molecule has 2 aromatic rings. The Morgan fingerprint density at radius 2 is 2.06 bits per heavy atom. The molecule has 84 valence electrons. The van der Waals surface area contributed by atoms with Crippen molar-refractivity contribution in [1.29, 1.82) is 5.26 Å². The van der Waals surface area contributed by atoms with Crippen LogP contribution in [0.4, 0.5) is 0 Å². The van der Waals surface area contributed by atoms with Crippen molar-refractivity contribution in [3.63, 3.8) is 0 Å². The molecule has 0 atom stereocenters. The summed E-state index contributed by atoms with van der Waals surface area (Å²) in [5, 5.41) is 9.95. The molecule has 0 N–H and O–H groups in total. The first-order chi connectivity index (χ1) is 8.20. The molecule has 17 heavy (non-hydrogen) atoms. The van der Waals surface area contributed by atoms with E-state index >= 15 is 0 Å². The minimum Gasteiger partial charge on any atom is -0.265 e. The van der Waals surface area contributed by atoms with Crippen LogP contribution in [0.15, 0.2) is 24.5 Å². The number of rotatable bonds is 2. The fourth-order valence-corrected chi connectivity index (χ4v) is 2.24. The van der Waals surface area contributed by atoms with Gasteiger partial charge >= 0.3 is 0 Å². The first kappa shape index (κ1) is 11.5. The highest BCUT2D eigenvalue weighted by molar-refractivity contribution is 7.12. The maximum atomic E-state index is 9.17. The monoisotopic (exact) mass is 241 g/mol. The minimum absolute atomic E-state index is 0.595. The van der Waals surface area contributed by atoms with Crippen LogP contribution >= 0.6 is 11.3 Å². The molecule has 0 fully saturated rings. The summed E-state index contributed by atoms with van der Waals surface area (Å²) in [6, 6.07) is 5.93. The molecule has 0 unspecified atom stereocenters. The summed E-state index contributed by atoms with van der Waals surface area (Å²) in [6.45, 7) is 3.97. The van der Waals surface area contributed by atoms with E-state index in [-0.39, 0.29) is 0 Å². The van der Waals surface area contributed by atoms with Crippen molar-refractivity contribution < 1.29 is 0 Å². The minimum atomic E-state index is 0.595. The maximum Gasteiger partial charge on any atom is 0.134 e. The highest BCUT2D eigenvalue weighted by Gasteiger charge is 2.08. The van der Waals surface area contributed by atoms with Crippen LogP contribution in [0, 0.1) is 25.2 Å². The van der Waals surface area contributed by atoms with Gasteiger partial charge in [0, 0.05) is 17.3 Å². The van der Waals surface area contributed by atoms with Gasteiger partial charge in [0.1, 0.15) is 11.1 Å². The van der Waals surface area contributed by atoms with Crippen molar-refractivity contribution in [2.24, 2.45) is 0 Å².